The normalized spacial score (nSPS) is 11.4. The Labute approximate surface area is 105 Å². The summed E-state index contributed by atoms with van der Waals surface area (Å²) in [7, 11) is 1.42. The highest BCUT2D eigenvalue weighted by atomic mass is 16.5. The number of aliphatic hydroxyl groups excluding tert-OH is 1. The molecule has 0 bridgehead atoms. The second-order valence-electron chi connectivity index (χ2n) is 3.56. The number of likely N-dealkylation sites (N-methyl/N-ethyl adjacent to an activating group) is 1. The summed E-state index contributed by atoms with van der Waals surface area (Å²) >= 11 is 0. The Morgan fingerprint density at radius 3 is 2.56 bits per heavy atom. The molecule has 6 nitrogen and oxygen atoms in total. The predicted octanol–water partition coefficient (Wildman–Crippen LogP) is 0.0197. The number of amides is 2. The van der Waals surface area contributed by atoms with Gasteiger partial charge in [-0.25, -0.2) is 4.79 Å². The third-order valence-electron chi connectivity index (χ3n) is 2.25. The van der Waals surface area contributed by atoms with Gasteiger partial charge in [-0.15, -0.1) is 0 Å². The SMILES string of the molecule is CNC(=O)C(CO)NC(=O)OCc1ccccc1. The van der Waals surface area contributed by atoms with Crippen LogP contribution in [0.5, 0.6) is 0 Å². The summed E-state index contributed by atoms with van der Waals surface area (Å²) in [5, 5.41) is 13.5. The van der Waals surface area contributed by atoms with Gasteiger partial charge in [0, 0.05) is 7.05 Å². The third kappa shape index (κ3) is 4.42. The number of ether oxygens (including phenoxy) is 1. The number of carbonyl (C=O) groups excluding carboxylic acids is 2. The van der Waals surface area contributed by atoms with Crippen LogP contribution in [0.2, 0.25) is 0 Å². The molecule has 2 amide bonds. The minimum atomic E-state index is -1.00. The molecular weight excluding hydrogens is 236 g/mol. The predicted molar refractivity (Wildman–Crippen MR) is 64.7 cm³/mol. The zero-order valence-corrected chi connectivity index (χ0v) is 10.1. The molecule has 6 heteroatoms. The maximum absolute atomic E-state index is 11.4. The van der Waals surface area contributed by atoms with Gasteiger partial charge in [0.1, 0.15) is 12.6 Å². The van der Waals surface area contributed by atoms with Crippen LogP contribution in [-0.2, 0) is 16.1 Å². The third-order valence-corrected chi connectivity index (χ3v) is 2.25. The average Bonchev–Trinajstić information content (AvgIpc) is 2.42. The summed E-state index contributed by atoms with van der Waals surface area (Å²) in [4.78, 5) is 22.6. The summed E-state index contributed by atoms with van der Waals surface area (Å²) in [6.07, 6.45) is -0.749. The fraction of sp³-hybridized carbons (Fsp3) is 0.333. The van der Waals surface area contributed by atoms with Crippen LogP contribution in [0, 0.1) is 0 Å². The number of hydrogen-bond donors (Lipinski definition) is 3. The number of hydrogen-bond acceptors (Lipinski definition) is 4. The summed E-state index contributed by atoms with van der Waals surface area (Å²) in [5.41, 5.74) is 0.841. The Hall–Kier alpha value is -2.08. The molecule has 0 fully saturated rings. The van der Waals surface area contributed by atoms with Crippen LogP contribution in [0.15, 0.2) is 30.3 Å². The molecule has 0 heterocycles. The van der Waals surface area contributed by atoms with Crippen molar-refractivity contribution >= 4 is 12.0 Å². The molecule has 18 heavy (non-hydrogen) atoms. The molecule has 0 aliphatic heterocycles. The molecule has 1 aromatic carbocycles. The Balaban J connectivity index is 2.39. The summed E-state index contributed by atoms with van der Waals surface area (Å²) < 4.78 is 4.91. The molecule has 0 aromatic heterocycles. The number of nitrogens with one attached hydrogen (secondary N) is 2. The lowest BCUT2D eigenvalue weighted by atomic mass is 10.2. The Bertz CT molecular complexity index is 394. The standard InChI is InChI=1S/C12H16N2O4/c1-13-11(16)10(7-15)14-12(17)18-8-9-5-3-2-4-6-9/h2-6,10,15H,7-8H2,1H3,(H,13,16)(H,14,17). The lowest BCUT2D eigenvalue weighted by molar-refractivity contribution is -0.123. The number of benzene rings is 1. The molecule has 0 saturated carbocycles. The number of rotatable bonds is 5. The molecular formula is C12H16N2O4. The first-order valence-corrected chi connectivity index (χ1v) is 5.47. The van der Waals surface area contributed by atoms with Gasteiger partial charge < -0.3 is 20.5 Å². The Morgan fingerprint density at radius 1 is 1.33 bits per heavy atom. The van der Waals surface area contributed by atoms with Gasteiger partial charge in [-0.2, -0.15) is 0 Å². The highest BCUT2D eigenvalue weighted by Crippen LogP contribution is 2.00. The van der Waals surface area contributed by atoms with E-state index >= 15 is 0 Å². The van der Waals surface area contributed by atoms with E-state index in [1.165, 1.54) is 7.05 Å². The van der Waals surface area contributed by atoms with E-state index in [2.05, 4.69) is 10.6 Å². The van der Waals surface area contributed by atoms with Crippen LogP contribution in [-0.4, -0.2) is 36.8 Å². The first kappa shape index (κ1) is 14.0. The van der Waals surface area contributed by atoms with Gasteiger partial charge in [-0.1, -0.05) is 30.3 Å². The fourth-order valence-corrected chi connectivity index (χ4v) is 1.28. The molecule has 0 saturated heterocycles. The minimum Gasteiger partial charge on any atom is -0.445 e. The van der Waals surface area contributed by atoms with Crippen molar-refractivity contribution in [3.63, 3.8) is 0 Å². The van der Waals surface area contributed by atoms with Gasteiger partial charge >= 0.3 is 6.09 Å². The lowest BCUT2D eigenvalue weighted by Crippen LogP contribution is -2.48. The van der Waals surface area contributed by atoms with E-state index in [1.54, 1.807) is 0 Å². The molecule has 0 radical (unpaired) electrons. The molecule has 1 aromatic rings. The van der Waals surface area contributed by atoms with E-state index in [0.717, 1.165) is 5.56 Å². The molecule has 1 atom stereocenters. The van der Waals surface area contributed by atoms with Crippen molar-refractivity contribution in [2.45, 2.75) is 12.6 Å². The maximum Gasteiger partial charge on any atom is 0.408 e. The van der Waals surface area contributed by atoms with Gasteiger partial charge in [0.15, 0.2) is 0 Å². The van der Waals surface area contributed by atoms with Crippen LogP contribution < -0.4 is 10.6 Å². The van der Waals surface area contributed by atoms with Gasteiger partial charge in [-0.05, 0) is 5.56 Å². The van der Waals surface area contributed by atoms with Crippen LogP contribution >= 0.6 is 0 Å². The monoisotopic (exact) mass is 252 g/mol. The maximum atomic E-state index is 11.4. The molecule has 1 rings (SSSR count). The largest absolute Gasteiger partial charge is 0.445 e. The van der Waals surface area contributed by atoms with Crippen LogP contribution in [0.4, 0.5) is 4.79 Å². The summed E-state index contributed by atoms with van der Waals surface area (Å²) in [6.45, 7) is -0.376. The summed E-state index contributed by atoms with van der Waals surface area (Å²) in [5.74, 6) is -0.478. The van der Waals surface area contributed by atoms with Gasteiger partial charge in [0.2, 0.25) is 5.91 Å². The number of alkyl carbamates (subject to hydrolysis) is 1. The van der Waals surface area contributed by atoms with Crippen LogP contribution in [0.1, 0.15) is 5.56 Å². The first-order valence-electron chi connectivity index (χ1n) is 5.47. The highest BCUT2D eigenvalue weighted by Gasteiger charge is 2.18. The van der Waals surface area contributed by atoms with E-state index in [9.17, 15) is 9.59 Å². The van der Waals surface area contributed by atoms with Gasteiger partial charge in [-0.3, -0.25) is 4.79 Å². The molecule has 1 unspecified atom stereocenters. The number of carbonyl (C=O) groups is 2. The molecule has 0 spiro atoms. The van der Waals surface area contributed by atoms with Crippen molar-refractivity contribution in [1.29, 1.82) is 0 Å². The van der Waals surface area contributed by atoms with E-state index in [0.29, 0.717) is 0 Å². The van der Waals surface area contributed by atoms with E-state index in [4.69, 9.17) is 9.84 Å². The van der Waals surface area contributed by atoms with Gasteiger partial charge in [0.05, 0.1) is 6.61 Å². The average molecular weight is 252 g/mol. The van der Waals surface area contributed by atoms with E-state index in [1.807, 2.05) is 30.3 Å². The van der Waals surface area contributed by atoms with Crippen molar-refractivity contribution < 1.29 is 19.4 Å². The smallest absolute Gasteiger partial charge is 0.408 e. The quantitative estimate of drug-likeness (QED) is 0.689. The van der Waals surface area contributed by atoms with Crippen molar-refractivity contribution in [2.24, 2.45) is 0 Å². The zero-order valence-electron chi connectivity index (χ0n) is 10.1. The molecule has 98 valence electrons. The van der Waals surface area contributed by atoms with Crippen LogP contribution in [0.3, 0.4) is 0 Å². The van der Waals surface area contributed by atoms with Crippen molar-refractivity contribution in [2.75, 3.05) is 13.7 Å². The second kappa shape index (κ2) is 7.29. The lowest BCUT2D eigenvalue weighted by Gasteiger charge is -2.14. The molecule has 0 aliphatic rings. The Kier molecular flexibility index (Phi) is 5.66. The van der Waals surface area contributed by atoms with E-state index < -0.39 is 24.6 Å². The van der Waals surface area contributed by atoms with Crippen molar-refractivity contribution in [1.82, 2.24) is 10.6 Å². The first-order chi connectivity index (χ1) is 8.67. The summed E-state index contributed by atoms with van der Waals surface area (Å²) in [6, 6.07) is 8.15. The van der Waals surface area contributed by atoms with Crippen molar-refractivity contribution in [3.8, 4) is 0 Å². The second-order valence-corrected chi connectivity index (χ2v) is 3.56. The minimum absolute atomic E-state index is 0.110. The number of aliphatic hydroxyl groups is 1. The molecule has 0 aliphatic carbocycles. The van der Waals surface area contributed by atoms with Crippen LogP contribution in [0.25, 0.3) is 0 Å². The molecule has 3 N–H and O–H groups in total. The van der Waals surface area contributed by atoms with Gasteiger partial charge in [0.25, 0.3) is 0 Å². The fourth-order valence-electron chi connectivity index (χ4n) is 1.28. The van der Waals surface area contributed by atoms with E-state index in [-0.39, 0.29) is 6.61 Å². The van der Waals surface area contributed by atoms with Crippen molar-refractivity contribution in [3.05, 3.63) is 35.9 Å². The highest BCUT2D eigenvalue weighted by molar-refractivity contribution is 5.85. The topological polar surface area (TPSA) is 87.7 Å². The zero-order chi connectivity index (χ0) is 13.4. The Morgan fingerprint density at radius 2 is 2.00 bits per heavy atom.